The van der Waals surface area contributed by atoms with Gasteiger partial charge in [0.15, 0.2) is 0 Å². The van der Waals surface area contributed by atoms with Crippen molar-refractivity contribution in [1.82, 2.24) is 9.62 Å². The van der Waals surface area contributed by atoms with E-state index in [1.165, 1.54) is 15.6 Å². The van der Waals surface area contributed by atoms with Crippen LogP contribution in [0.5, 0.6) is 0 Å². The van der Waals surface area contributed by atoms with Gasteiger partial charge in [0, 0.05) is 26.1 Å². The van der Waals surface area contributed by atoms with Crippen LogP contribution in [-0.2, 0) is 21.4 Å². The highest BCUT2D eigenvalue weighted by Gasteiger charge is 2.31. The van der Waals surface area contributed by atoms with E-state index >= 15 is 0 Å². The lowest BCUT2D eigenvalue weighted by Crippen LogP contribution is -2.39. The summed E-state index contributed by atoms with van der Waals surface area (Å²) in [7, 11) is -3.42. The Balaban J connectivity index is 1.47. The average Bonchev–Trinajstić information content (AvgIpc) is 3.09. The number of thiophene rings is 1. The van der Waals surface area contributed by atoms with Crippen molar-refractivity contribution in [2.45, 2.75) is 30.0 Å². The Kier molecular flexibility index (Phi) is 6.50. The number of halogens is 1. The number of rotatable bonds is 6. The van der Waals surface area contributed by atoms with E-state index in [0.29, 0.717) is 43.1 Å². The number of amides is 1. The second-order valence-corrected chi connectivity index (χ2v) is 11.0. The third-order valence-electron chi connectivity index (χ3n) is 4.52. The van der Waals surface area contributed by atoms with Crippen LogP contribution < -0.4 is 5.32 Å². The van der Waals surface area contributed by atoms with Crippen molar-refractivity contribution in [3.63, 3.8) is 0 Å². The van der Waals surface area contributed by atoms with E-state index < -0.39 is 10.0 Å². The molecule has 1 aliphatic heterocycles. The molecule has 0 radical (unpaired) electrons. The standard InChI is InChI=1S/C18H21BrN2O3S2/c19-16-6-7-18(25-16)26(23,24)21-10-8-14(9-11-21)12-17(22)20-13-15-4-2-1-3-5-15/h1-7,14H,8-13H2,(H,20,22). The number of sulfonamides is 1. The van der Waals surface area contributed by atoms with Crippen molar-refractivity contribution in [1.29, 1.82) is 0 Å². The summed E-state index contributed by atoms with van der Waals surface area (Å²) in [6, 6.07) is 13.2. The minimum atomic E-state index is -3.42. The fourth-order valence-electron chi connectivity index (χ4n) is 3.05. The molecule has 0 unspecified atom stereocenters. The summed E-state index contributed by atoms with van der Waals surface area (Å²) < 4.78 is 28.0. The first-order valence-corrected chi connectivity index (χ1v) is 11.6. The molecule has 2 aromatic rings. The monoisotopic (exact) mass is 456 g/mol. The molecule has 0 atom stereocenters. The van der Waals surface area contributed by atoms with E-state index in [4.69, 9.17) is 0 Å². The summed E-state index contributed by atoms with van der Waals surface area (Å²) in [5.41, 5.74) is 1.07. The molecule has 2 heterocycles. The molecule has 1 N–H and O–H groups in total. The maximum atomic E-state index is 12.6. The van der Waals surface area contributed by atoms with E-state index in [1.54, 1.807) is 12.1 Å². The Hall–Kier alpha value is -1.22. The molecule has 0 spiro atoms. The van der Waals surface area contributed by atoms with Crippen LogP contribution >= 0.6 is 27.3 Å². The minimum Gasteiger partial charge on any atom is -0.352 e. The minimum absolute atomic E-state index is 0.0253. The van der Waals surface area contributed by atoms with Gasteiger partial charge in [0.05, 0.1) is 3.79 Å². The number of hydrogen-bond acceptors (Lipinski definition) is 4. The molecule has 1 aromatic carbocycles. The van der Waals surface area contributed by atoms with Crippen molar-refractivity contribution in [3.05, 3.63) is 51.8 Å². The van der Waals surface area contributed by atoms with Gasteiger partial charge in [-0.15, -0.1) is 11.3 Å². The van der Waals surface area contributed by atoms with Gasteiger partial charge in [-0.25, -0.2) is 8.42 Å². The maximum Gasteiger partial charge on any atom is 0.252 e. The maximum absolute atomic E-state index is 12.6. The quantitative estimate of drug-likeness (QED) is 0.721. The van der Waals surface area contributed by atoms with Gasteiger partial charge in [0.1, 0.15) is 4.21 Å². The molecule has 140 valence electrons. The summed E-state index contributed by atoms with van der Waals surface area (Å²) in [6.45, 7) is 1.46. The number of carbonyl (C=O) groups excluding carboxylic acids is 1. The first-order chi connectivity index (χ1) is 12.4. The molecule has 0 bridgehead atoms. The number of hydrogen-bond donors (Lipinski definition) is 1. The van der Waals surface area contributed by atoms with Gasteiger partial charge >= 0.3 is 0 Å². The number of nitrogens with zero attached hydrogens (tertiary/aromatic N) is 1. The highest BCUT2D eigenvalue weighted by Crippen LogP contribution is 2.31. The lowest BCUT2D eigenvalue weighted by atomic mass is 9.94. The smallest absolute Gasteiger partial charge is 0.252 e. The molecule has 1 amide bonds. The van der Waals surface area contributed by atoms with E-state index in [0.717, 1.165) is 9.35 Å². The third-order valence-corrected chi connectivity index (χ3v) is 8.51. The molecular formula is C18H21BrN2O3S2. The van der Waals surface area contributed by atoms with Crippen LogP contribution in [0.15, 0.2) is 50.5 Å². The first kappa shape index (κ1) is 19.5. The van der Waals surface area contributed by atoms with Crippen LogP contribution in [0.1, 0.15) is 24.8 Å². The highest BCUT2D eigenvalue weighted by molar-refractivity contribution is 9.11. The topological polar surface area (TPSA) is 66.5 Å². The van der Waals surface area contributed by atoms with E-state index in [1.807, 2.05) is 30.3 Å². The zero-order chi connectivity index (χ0) is 18.6. The van der Waals surface area contributed by atoms with E-state index in [-0.39, 0.29) is 11.8 Å². The Morgan fingerprint density at radius 2 is 1.85 bits per heavy atom. The summed E-state index contributed by atoms with van der Waals surface area (Å²) in [5.74, 6) is 0.254. The van der Waals surface area contributed by atoms with Crippen LogP contribution in [-0.4, -0.2) is 31.7 Å². The molecule has 1 saturated heterocycles. The Bertz CT molecular complexity index is 844. The Morgan fingerprint density at radius 3 is 2.46 bits per heavy atom. The van der Waals surface area contributed by atoms with Crippen molar-refractivity contribution >= 4 is 43.2 Å². The molecule has 1 aromatic heterocycles. The lowest BCUT2D eigenvalue weighted by molar-refractivity contribution is -0.122. The fourth-order valence-corrected chi connectivity index (χ4v) is 6.68. The lowest BCUT2D eigenvalue weighted by Gasteiger charge is -2.30. The van der Waals surface area contributed by atoms with Gasteiger partial charge in [-0.05, 0) is 52.4 Å². The molecular weight excluding hydrogens is 436 g/mol. The number of benzene rings is 1. The zero-order valence-corrected chi connectivity index (χ0v) is 17.4. The second kappa shape index (κ2) is 8.65. The molecule has 1 aliphatic rings. The number of carbonyl (C=O) groups is 1. The first-order valence-electron chi connectivity index (χ1n) is 8.51. The Morgan fingerprint density at radius 1 is 1.15 bits per heavy atom. The van der Waals surface area contributed by atoms with Crippen molar-refractivity contribution in [3.8, 4) is 0 Å². The molecule has 5 nitrogen and oxygen atoms in total. The zero-order valence-electron chi connectivity index (χ0n) is 14.2. The van der Waals surface area contributed by atoms with Crippen molar-refractivity contribution in [2.75, 3.05) is 13.1 Å². The summed E-state index contributed by atoms with van der Waals surface area (Å²) in [6.07, 6.45) is 1.88. The average molecular weight is 457 g/mol. The highest BCUT2D eigenvalue weighted by atomic mass is 79.9. The third kappa shape index (κ3) is 4.94. The van der Waals surface area contributed by atoms with Gasteiger partial charge in [0.2, 0.25) is 5.91 Å². The molecule has 26 heavy (non-hydrogen) atoms. The van der Waals surface area contributed by atoms with Crippen LogP contribution in [0, 0.1) is 5.92 Å². The van der Waals surface area contributed by atoms with Crippen LogP contribution in [0.25, 0.3) is 0 Å². The van der Waals surface area contributed by atoms with E-state index in [9.17, 15) is 13.2 Å². The van der Waals surface area contributed by atoms with Gasteiger partial charge in [0.25, 0.3) is 10.0 Å². The molecule has 3 rings (SSSR count). The molecule has 8 heteroatoms. The summed E-state index contributed by atoms with van der Waals surface area (Å²) >= 11 is 4.54. The van der Waals surface area contributed by atoms with Crippen molar-refractivity contribution < 1.29 is 13.2 Å². The largest absolute Gasteiger partial charge is 0.352 e. The van der Waals surface area contributed by atoms with Crippen LogP contribution in [0.3, 0.4) is 0 Å². The van der Waals surface area contributed by atoms with Gasteiger partial charge in [-0.1, -0.05) is 30.3 Å². The van der Waals surface area contributed by atoms with Gasteiger partial charge < -0.3 is 5.32 Å². The van der Waals surface area contributed by atoms with E-state index in [2.05, 4.69) is 21.2 Å². The second-order valence-electron chi connectivity index (χ2n) is 6.37. The predicted octanol–water partition coefficient (Wildman–Crippen LogP) is 3.62. The fraction of sp³-hybridized carbons (Fsp3) is 0.389. The summed E-state index contributed by atoms with van der Waals surface area (Å²) in [4.78, 5) is 12.1. The van der Waals surface area contributed by atoms with Crippen LogP contribution in [0.4, 0.5) is 0 Å². The molecule has 0 saturated carbocycles. The normalized spacial score (nSPS) is 16.5. The predicted molar refractivity (Wildman–Crippen MR) is 106 cm³/mol. The molecule has 0 aliphatic carbocycles. The van der Waals surface area contributed by atoms with Crippen LogP contribution in [0.2, 0.25) is 0 Å². The molecule has 1 fully saturated rings. The van der Waals surface area contributed by atoms with Gasteiger partial charge in [-0.3, -0.25) is 4.79 Å². The number of nitrogens with one attached hydrogen (secondary N) is 1. The van der Waals surface area contributed by atoms with Crippen molar-refractivity contribution in [2.24, 2.45) is 5.92 Å². The van der Waals surface area contributed by atoms with Gasteiger partial charge in [-0.2, -0.15) is 4.31 Å². The SMILES string of the molecule is O=C(CC1CCN(S(=O)(=O)c2ccc(Br)s2)CC1)NCc1ccccc1. The Labute approximate surface area is 166 Å². The summed E-state index contributed by atoms with van der Waals surface area (Å²) in [5, 5.41) is 2.94. The number of piperidine rings is 1.